The number of carbonyl (C=O) groups excluding carboxylic acids is 1. The number of aliphatic carboxylic acids is 1. The molecular formula is C23H26N4O4. The summed E-state index contributed by atoms with van der Waals surface area (Å²) in [6, 6.07) is 12.9. The van der Waals surface area contributed by atoms with Crippen molar-refractivity contribution >= 4 is 23.4 Å². The number of fused-ring (bicyclic) bond motifs is 1. The lowest BCUT2D eigenvalue weighted by Crippen LogP contribution is -2.40. The first-order valence-electron chi connectivity index (χ1n) is 10.4. The van der Waals surface area contributed by atoms with Gasteiger partial charge in [-0.2, -0.15) is 0 Å². The first kappa shape index (κ1) is 21.0. The number of carboxylic acid groups (broad SMARTS) is 1. The molecule has 0 saturated carbocycles. The summed E-state index contributed by atoms with van der Waals surface area (Å²) >= 11 is 0. The molecule has 2 aliphatic rings. The lowest BCUT2D eigenvalue weighted by Gasteiger charge is -2.29. The van der Waals surface area contributed by atoms with Crippen molar-refractivity contribution in [3.63, 3.8) is 0 Å². The van der Waals surface area contributed by atoms with E-state index in [0.717, 1.165) is 23.1 Å². The molecule has 2 aromatic rings. The third-order valence-electron chi connectivity index (χ3n) is 5.66. The minimum atomic E-state index is -0.828. The van der Waals surface area contributed by atoms with E-state index < -0.39 is 5.97 Å². The number of nitrogens with zero attached hydrogens (tertiary/aromatic N) is 2. The maximum absolute atomic E-state index is 12.7. The smallest absolute Gasteiger partial charge is 0.317 e. The van der Waals surface area contributed by atoms with Crippen molar-refractivity contribution in [3.05, 3.63) is 64.7 Å². The number of carbonyl (C=O) groups is 2. The van der Waals surface area contributed by atoms with E-state index in [1.165, 1.54) is 0 Å². The molecule has 1 saturated heterocycles. The fraction of sp³-hybridized carbons (Fsp3) is 0.348. The maximum Gasteiger partial charge on any atom is 0.317 e. The predicted octanol–water partition coefficient (Wildman–Crippen LogP) is 2.04. The Kier molecular flexibility index (Phi) is 6.29. The van der Waals surface area contributed by atoms with Crippen molar-refractivity contribution < 1.29 is 19.4 Å². The number of amides is 1. The van der Waals surface area contributed by atoms with E-state index in [4.69, 9.17) is 15.3 Å². The van der Waals surface area contributed by atoms with Crippen LogP contribution in [0, 0.1) is 5.41 Å². The van der Waals surface area contributed by atoms with E-state index in [2.05, 4.69) is 5.32 Å². The number of benzene rings is 2. The van der Waals surface area contributed by atoms with Gasteiger partial charge >= 0.3 is 5.97 Å². The molecule has 0 atom stereocenters. The van der Waals surface area contributed by atoms with Crippen LogP contribution in [0.25, 0.3) is 0 Å². The SMILES string of the molecule is N=C(c1ccc(NC(=O)c2ccc3c(c2)CCN(CC(=O)O)C3)cc1)N1CCOCC1. The third kappa shape index (κ3) is 5.10. The molecule has 162 valence electrons. The minimum absolute atomic E-state index is 0.0284. The molecule has 1 amide bonds. The number of morpholine rings is 1. The van der Waals surface area contributed by atoms with E-state index in [-0.39, 0.29) is 12.5 Å². The molecule has 4 rings (SSSR count). The summed E-state index contributed by atoms with van der Waals surface area (Å²) in [4.78, 5) is 27.5. The highest BCUT2D eigenvalue weighted by Gasteiger charge is 2.20. The zero-order valence-corrected chi connectivity index (χ0v) is 17.3. The Morgan fingerprint density at radius 3 is 2.42 bits per heavy atom. The Hall–Kier alpha value is -3.23. The van der Waals surface area contributed by atoms with Crippen molar-refractivity contribution in [1.29, 1.82) is 5.41 Å². The van der Waals surface area contributed by atoms with Crippen LogP contribution in [0.4, 0.5) is 5.69 Å². The topological polar surface area (TPSA) is 106 Å². The Labute approximate surface area is 180 Å². The van der Waals surface area contributed by atoms with Gasteiger partial charge in [0.25, 0.3) is 5.91 Å². The summed E-state index contributed by atoms with van der Waals surface area (Å²) in [7, 11) is 0. The summed E-state index contributed by atoms with van der Waals surface area (Å²) in [5, 5.41) is 20.2. The van der Waals surface area contributed by atoms with Gasteiger partial charge in [0.15, 0.2) is 0 Å². The highest BCUT2D eigenvalue weighted by Crippen LogP contribution is 2.21. The van der Waals surface area contributed by atoms with E-state index in [0.29, 0.717) is 56.5 Å². The quantitative estimate of drug-likeness (QED) is 0.503. The van der Waals surface area contributed by atoms with Gasteiger partial charge in [0.05, 0.1) is 19.8 Å². The van der Waals surface area contributed by atoms with E-state index in [1.807, 2.05) is 46.2 Å². The summed E-state index contributed by atoms with van der Waals surface area (Å²) in [5.41, 5.74) is 4.21. The second kappa shape index (κ2) is 9.28. The van der Waals surface area contributed by atoms with E-state index in [9.17, 15) is 9.59 Å². The fourth-order valence-corrected chi connectivity index (χ4v) is 3.96. The monoisotopic (exact) mass is 422 g/mol. The second-order valence-electron chi connectivity index (χ2n) is 7.82. The molecular weight excluding hydrogens is 396 g/mol. The van der Waals surface area contributed by atoms with Crippen molar-refractivity contribution in [3.8, 4) is 0 Å². The van der Waals surface area contributed by atoms with Gasteiger partial charge in [0.2, 0.25) is 0 Å². The number of nitrogens with one attached hydrogen (secondary N) is 2. The zero-order valence-electron chi connectivity index (χ0n) is 17.3. The van der Waals surface area contributed by atoms with Gasteiger partial charge in [-0.15, -0.1) is 0 Å². The molecule has 0 aliphatic carbocycles. The molecule has 31 heavy (non-hydrogen) atoms. The summed E-state index contributed by atoms with van der Waals surface area (Å²) in [5.74, 6) is -0.551. The number of rotatable bonds is 5. The number of carboxylic acids is 1. The Bertz CT molecular complexity index is 984. The van der Waals surface area contributed by atoms with E-state index in [1.54, 1.807) is 6.07 Å². The third-order valence-corrected chi connectivity index (χ3v) is 5.66. The Morgan fingerprint density at radius 1 is 1.00 bits per heavy atom. The lowest BCUT2D eigenvalue weighted by atomic mass is 9.97. The molecule has 2 aliphatic heterocycles. The van der Waals surface area contributed by atoms with E-state index >= 15 is 0 Å². The average molecular weight is 422 g/mol. The summed E-state index contributed by atoms with van der Waals surface area (Å²) < 4.78 is 5.33. The highest BCUT2D eigenvalue weighted by atomic mass is 16.5. The standard InChI is InChI=1S/C23H26N4O4/c24-22(27-9-11-31-12-10-27)16-3-5-20(6-4-16)25-23(30)18-1-2-19-14-26(15-21(28)29)8-7-17(19)13-18/h1-6,13,24H,7-12,14-15H2,(H,25,30)(H,28,29). The first-order chi connectivity index (χ1) is 15.0. The number of hydrogen-bond donors (Lipinski definition) is 3. The maximum atomic E-state index is 12.7. The van der Waals surface area contributed by atoms with Gasteiger partial charge in [-0.1, -0.05) is 6.07 Å². The van der Waals surface area contributed by atoms with Gasteiger partial charge in [-0.3, -0.25) is 19.9 Å². The van der Waals surface area contributed by atoms with Crippen molar-refractivity contribution in [2.75, 3.05) is 44.7 Å². The summed E-state index contributed by atoms with van der Waals surface area (Å²) in [6.45, 7) is 3.97. The molecule has 8 heteroatoms. The fourth-order valence-electron chi connectivity index (χ4n) is 3.96. The lowest BCUT2D eigenvalue weighted by molar-refractivity contribution is -0.138. The van der Waals surface area contributed by atoms with Crippen LogP contribution in [0.3, 0.4) is 0 Å². The second-order valence-corrected chi connectivity index (χ2v) is 7.82. The van der Waals surface area contributed by atoms with Crippen LogP contribution in [0.5, 0.6) is 0 Å². The Morgan fingerprint density at radius 2 is 1.71 bits per heavy atom. The summed E-state index contributed by atoms with van der Waals surface area (Å²) in [6.07, 6.45) is 0.724. The molecule has 0 spiro atoms. The molecule has 8 nitrogen and oxygen atoms in total. The van der Waals surface area contributed by atoms with Crippen LogP contribution in [-0.2, 0) is 22.5 Å². The van der Waals surface area contributed by atoms with Gasteiger partial charge in [0, 0.05) is 43.0 Å². The number of ether oxygens (including phenoxy) is 1. The minimum Gasteiger partial charge on any atom is -0.480 e. The zero-order chi connectivity index (χ0) is 21.8. The number of amidine groups is 1. The largest absolute Gasteiger partial charge is 0.480 e. The molecule has 0 radical (unpaired) electrons. The number of hydrogen-bond acceptors (Lipinski definition) is 5. The molecule has 0 unspecified atom stereocenters. The molecule has 3 N–H and O–H groups in total. The van der Waals surface area contributed by atoms with Crippen LogP contribution in [0.1, 0.15) is 27.0 Å². The average Bonchev–Trinajstić information content (AvgIpc) is 2.79. The molecule has 2 heterocycles. The molecule has 2 aromatic carbocycles. The van der Waals surface area contributed by atoms with Crippen LogP contribution >= 0.6 is 0 Å². The normalized spacial score (nSPS) is 16.5. The van der Waals surface area contributed by atoms with Crippen LogP contribution in [0.2, 0.25) is 0 Å². The molecule has 1 fully saturated rings. The van der Waals surface area contributed by atoms with Crippen molar-refractivity contribution in [2.24, 2.45) is 0 Å². The number of anilines is 1. The Balaban J connectivity index is 1.38. The van der Waals surface area contributed by atoms with Crippen LogP contribution < -0.4 is 5.32 Å². The first-order valence-corrected chi connectivity index (χ1v) is 10.4. The molecule has 0 aromatic heterocycles. The predicted molar refractivity (Wildman–Crippen MR) is 117 cm³/mol. The van der Waals surface area contributed by atoms with Gasteiger partial charge in [-0.25, -0.2) is 0 Å². The van der Waals surface area contributed by atoms with Crippen molar-refractivity contribution in [1.82, 2.24) is 9.80 Å². The van der Waals surface area contributed by atoms with Gasteiger partial charge in [-0.05, 0) is 53.9 Å². The van der Waals surface area contributed by atoms with Crippen LogP contribution in [0.15, 0.2) is 42.5 Å². The van der Waals surface area contributed by atoms with Crippen molar-refractivity contribution in [2.45, 2.75) is 13.0 Å². The van der Waals surface area contributed by atoms with Crippen LogP contribution in [-0.4, -0.2) is 72.0 Å². The van der Waals surface area contributed by atoms with Gasteiger partial charge in [0.1, 0.15) is 5.84 Å². The van der Waals surface area contributed by atoms with Gasteiger partial charge < -0.3 is 20.1 Å². The highest BCUT2D eigenvalue weighted by molar-refractivity contribution is 6.05. The molecule has 0 bridgehead atoms.